The predicted molar refractivity (Wildman–Crippen MR) is 127 cm³/mol. The lowest BCUT2D eigenvalue weighted by Crippen LogP contribution is -2.49. The van der Waals surface area contributed by atoms with E-state index in [1.54, 1.807) is 6.20 Å². The lowest BCUT2D eigenvalue weighted by Gasteiger charge is -2.42. The Hall–Kier alpha value is -3.37. The number of pyridine rings is 1. The third-order valence-corrected chi connectivity index (χ3v) is 7.34. The van der Waals surface area contributed by atoms with Gasteiger partial charge in [0.05, 0.1) is 23.7 Å². The molecule has 0 bridgehead atoms. The number of hydrogen-bond acceptors (Lipinski definition) is 6. The van der Waals surface area contributed by atoms with Gasteiger partial charge in [0, 0.05) is 60.9 Å². The number of nitrogens with zero attached hydrogens (tertiary/aromatic N) is 4. The molecule has 3 atom stereocenters. The molecule has 2 fully saturated rings. The number of piperazine rings is 1. The number of nitriles is 1. The van der Waals surface area contributed by atoms with E-state index in [0.29, 0.717) is 24.7 Å². The second kappa shape index (κ2) is 7.89. The van der Waals surface area contributed by atoms with Crippen molar-refractivity contribution >= 4 is 16.6 Å². The third-order valence-electron chi connectivity index (χ3n) is 7.34. The van der Waals surface area contributed by atoms with Gasteiger partial charge in [0.25, 0.3) is 0 Å². The van der Waals surface area contributed by atoms with E-state index >= 15 is 0 Å². The molecule has 6 nitrogen and oxygen atoms in total. The summed E-state index contributed by atoms with van der Waals surface area (Å²) < 4.78 is 14.0. The molecule has 168 valence electrons. The van der Waals surface area contributed by atoms with E-state index in [1.165, 1.54) is 16.8 Å². The summed E-state index contributed by atoms with van der Waals surface area (Å²) in [5, 5.41) is 17.0. The SMILES string of the molecule is C[C@@H]1CN(c2ccc(C#N)c3ncccc23)CC2=C3CC=C(N[C@@H]4CNC[C@@H]4F)C=C3CN21. The summed E-state index contributed by atoms with van der Waals surface area (Å²) in [6.07, 6.45) is 6.19. The Morgan fingerprint density at radius 1 is 1.24 bits per heavy atom. The summed E-state index contributed by atoms with van der Waals surface area (Å²) in [5.41, 5.74) is 7.67. The van der Waals surface area contributed by atoms with E-state index in [4.69, 9.17) is 0 Å². The van der Waals surface area contributed by atoms with Gasteiger partial charge in [-0.3, -0.25) is 4.98 Å². The van der Waals surface area contributed by atoms with Crippen molar-refractivity contribution in [3.8, 4) is 6.07 Å². The van der Waals surface area contributed by atoms with Gasteiger partial charge in [-0.25, -0.2) is 4.39 Å². The summed E-state index contributed by atoms with van der Waals surface area (Å²) >= 11 is 0. The van der Waals surface area contributed by atoms with Gasteiger partial charge < -0.3 is 20.4 Å². The fourth-order valence-electron chi connectivity index (χ4n) is 5.65. The molecule has 2 saturated heterocycles. The van der Waals surface area contributed by atoms with Crippen molar-refractivity contribution in [2.75, 3.05) is 37.6 Å². The van der Waals surface area contributed by atoms with Crippen molar-refractivity contribution in [2.45, 2.75) is 31.6 Å². The summed E-state index contributed by atoms with van der Waals surface area (Å²) in [6.45, 7) is 6.03. The van der Waals surface area contributed by atoms with Gasteiger partial charge in [0.15, 0.2) is 0 Å². The van der Waals surface area contributed by atoms with Crippen LogP contribution in [0.15, 0.2) is 65.2 Å². The first-order chi connectivity index (χ1) is 16.1. The van der Waals surface area contributed by atoms with Crippen molar-refractivity contribution < 1.29 is 4.39 Å². The molecule has 33 heavy (non-hydrogen) atoms. The monoisotopic (exact) mass is 442 g/mol. The van der Waals surface area contributed by atoms with E-state index in [0.717, 1.165) is 48.3 Å². The molecule has 0 radical (unpaired) electrons. The van der Waals surface area contributed by atoms with Crippen molar-refractivity contribution in [3.05, 3.63) is 70.7 Å². The Balaban J connectivity index is 1.30. The van der Waals surface area contributed by atoms with Crippen LogP contribution in [-0.4, -0.2) is 60.9 Å². The zero-order chi connectivity index (χ0) is 22.5. The normalized spacial score (nSPS) is 26.6. The highest BCUT2D eigenvalue weighted by Gasteiger charge is 2.37. The van der Waals surface area contributed by atoms with Crippen LogP contribution in [0.4, 0.5) is 10.1 Å². The molecular weight excluding hydrogens is 415 g/mol. The van der Waals surface area contributed by atoms with Crippen LogP contribution in [0.1, 0.15) is 18.9 Å². The van der Waals surface area contributed by atoms with Gasteiger partial charge in [0.2, 0.25) is 0 Å². The van der Waals surface area contributed by atoms with Crippen molar-refractivity contribution in [3.63, 3.8) is 0 Å². The Kier molecular flexibility index (Phi) is 4.84. The quantitative estimate of drug-likeness (QED) is 0.762. The molecule has 0 saturated carbocycles. The second-order valence-electron chi connectivity index (χ2n) is 9.38. The molecule has 0 amide bonds. The number of hydrogen-bond donors (Lipinski definition) is 2. The molecule has 2 aromatic rings. The number of rotatable bonds is 3. The predicted octanol–water partition coefficient (Wildman–Crippen LogP) is 3.00. The highest BCUT2D eigenvalue weighted by atomic mass is 19.1. The molecule has 7 heteroatoms. The molecule has 4 heterocycles. The minimum atomic E-state index is -0.843. The first-order valence-corrected chi connectivity index (χ1v) is 11.7. The molecule has 4 aliphatic rings. The van der Waals surface area contributed by atoms with Crippen LogP contribution >= 0.6 is 0 Å². The van der Waals surface area contributed by atoms with Crippen LogP contribution in [0.25, 0.3) is 10.9 Å². The van der Waals surface area contributed by atoms with Crippen molar-refractivity contribution in [1.82, 2.24) is 20.5 Å². The first kappa shape index (κ1) is 20.3. The maximum atomic E-state index is 14.0. The van der Waals surface area contributed by atoms with Crippen LogP contribution in [0.3, 0.4) is 0 Å². The number of nitrogens with one attached hydrogen (secondary N) is 2. The van der Waals surface area contributed by atoms with Crippen LogP contribution in [-0.2, 0) is 0 Å². The molecule has 6 rings (SSSR count). The lowest BCUT2D eigenvalue weighted by atomic mass is 9.96. The first-order valence-electron chi connectivity index (χ1n) is 11.7. The fourth-order valence-corrected chi connectivity index (χ4v) is 5.65. The average molecular weight is 443 g/mol. The Morgan fingerprint density at radius 2 is 2.15 bits per heavy atom. The Labute approximate surface area is 193 Å². The molecule has 1 aromatic heterocycles. The summed E-state index contributed by atoms with van der Waals surface area (Å²) in [6, 6.07) is 10.4. The standard InChI is InChI=1S/C26H27FN6/c1-16-13-32(24-7-4-17(10-28)26-21(24)3-2-8-30-26)15-25-20-6-5-19(9-18(20)14-33(16)25)31-23-12-29-11-22(23)27/h2-5,7-9,16,22-23,29,31H,6,11-15H2,1H3/t16-,22+,23-/m1/s1. The van der Waals surface area contributed by atoms with Crippen LogP contribution in [0.5, 0.6) is 0 Å². The summed E-state index contributed by atoms with van der Waals surface area (Å²) in [4.78, 5) is 9.43. The van der Waals surface area contributed by atoms with E-state index in [-0.39, 0.29) is 6.04 Å². The van der Waals surface area contributed by atoms with Crippen molar-refractivity contribution in [1.29, 1.82) is 5.26 Å². The van der Waals surface area contributed by atoms with Crippen LogP contribution < -0.4 is 15.5 Å². The number of alkyl halides is 1. The largest absolute Gasteiger partial charge is 0.378 e. The molecule has 3 aliphatic heterocycles. The smallest absolute Gasteiger partial charge is 0.134 e. The summed E-state index contributed by atoms with van der Waals surface area (Å²) in [5.74, 6) is 0. The van der Waals surface area contributed by atoms with Gasteiger partial charge >= 0.3 is 0 Å². The number of allylic oxidation sites excluding steroid dienone is 2. The van der Waals surface area contributed by atoms with Gasteiger partial charge in [-0.05, 0) is 54.8 Å². The molecular formula is C26H27FN6. The number of aromatic nitrogens is 1. The lowest BCUT2D eigenvalue weighted by molar-refractivity contribution is 0.274. The molecule has 1 aliphatic carbocycles. The van der Waals surface area contributed by atoms with Gasteiger partial charge in [0.1, 0.15) is 12.2 Å². The second-order valence-corrected chi connectivity index (χ2v) is 9.38. The average Bonchev–Trinajstić information content (AvgIpc) is 3.41. The topological polar surface area (TPSA) is 67.2 Å². The number of halogens is 1. The zero-order valence-electron chi connectivity index (χ0n) is 18.7. The van der Waals surface area contributed by atoms with Gasteiger partial charge in [-0.1, -0.05) is 6.08 Å². The van der Waals surface area contributed by atoms with Gasteiger partial charge in [-0.15, -0.1) is 0 Å². The van der Waals surface area contributed by atoms with Crippen LogP contribution in [0.2, 0.25) is 0 Å². The highest BCUT2D eigenvalue weighted by Crippen LogP contribution is 2.40. The number of benzene rings is 1. The van der Waals surface area contributed by atoms with E-state index in [2.05, 4.69) is 62.7 Å². The third kappa shape index (κ3) is 3.37. The maximum Gasteiger partial charge on any atom is 0.134 e. The van der Waals surface area contributed by atoms with E-state index in [1.807, 2.05) is 12.1 Å². The Morgan fingerprint density at radius 3 is 2.97 bits per heavy atom. The van der Waals surface area contributed by atoms with Gasteiger partial charge in [-0.2, -0.15) is 5.26 Å². The molecule has 1 aromatic carbocycles. The van der Waals surface area contributed by atoms with E-state index in [9.17, 15) is 9.65 Å². The zero-order valence-corrected chi connectivity index (χ0v) is 18.7. The molecule has 0 spiro atoms. The molecule has 0 unspecified atom stereocenters. The Bertz CT molecular complexity index is 1260. The van der Waals surface area contributed by atoms with E-state index < -0.39 is 6.17 Å². The maximum absolute atomic E-state index is 14.0. The molecule has 2 N–H and O–H groups in total. The number of fused-ring (bicyclic) bond motifs is 3. The fraction of sp³-hybridized carbons (Fsp3) is 0.385. The van der Waals surface area contributed by atoms with Crippen molar-refractivity contribution in [2.24, 2.45) is 0 Å². The minimum absolute atomic E-state index is 0.154. The number of anilines is 1. The van der Waals surface area contributed by atoms with Crippen LogP contribution in [0, 0.1) is 11.3 Å². The minimum Gasteiger partial charge on any atom is -0.378 e. The summed E-state index contributed by atoms with van der Waals surface area (Å²) in [7, 11) is 0. The highest BCUT2D eigenvalue weighted by molar-refractivity contribution is 5.95.